The second-order valence-corrected chi connectivity index (χ2v) is 5.61. The van der Waals surface area contributed by atoms with Crippen LogP contribution in [0.25, 0.3) is 11.5 Å². The zero-order chi connectivity index (χ0) is 14.8. The Morgan fingerprint density at radius 1 is 1.52 bits per heavy atom. The van der Waals surface area contributed by atoms with Crippen LogP contribution < -0.4 is 0 Å². The van der Waals surface area contributed by atoms with E-state index < -0.39 is 12.0 Å². The summed E-state index contributed by atoms with van der Waals surface area (Å²) in [5.74, 6) is 0.859. The molecule has 1 aliphatic heterocycles. The van der Waals surface area contributed by atoms with Crippen LogP contribution in [0.3, 0.4) is 0 Å². The Morgan fingerprint density at radius 3 is 3.10 bits per heavy atom. The first-order valence-corrected chi connectivity index (χ1v) is 7.10. The number of aromatic nitrogens is 1. The minimum atomic E-state index is -0.767. The van der Waals surface area contributed by atoms with E-state index in [-0.39, 0.29) is 0 Å². The van der Waals surface area contributed by atoms with Gasteiger partial charge in [0.05, 0.1) is 12.0 Å². The van der Waals surface area contributed by atoms with Crippen LogP contribution in [0.1, 0.15) is 25.5 Å². The molecule has 0 radical (unpaired) electrons. The molecular weight excluding hydrogens is 272 g/mol. The maximum Gasteiger partial charge on any atom is 0.320 e. The Hall–Kier alpha value is -2.08. The molecule has 6 nitrogen and oxygen atoms in total. The van der Waals surface area contributed by atoms with Gasteiger partial charge in [0.2, 0.25) is 5.76 Å². The van der Waals surface area contributed by atoms with Crippen LogP contribution in [0.4, 0.5) is 0 Å². The van der Waals surface area contributed by atoms with Crippen molar-refractivity contribution in [2.24, 2.45) is 5.92 Å². The lowest BCUT2D eigenvalue weighted by Crippen LogP contribution is -2.46. The third-order valence-electron chi connectivity index (χ3n) is 3.95. The molecule has 1 N–H and O–H groups in total. The van der Waals surface area contributed by atoms with Crippen molar-refractivity contribution in [3.8, 4) is 11.5 Å². The number of furan rings is 1. The number of carboxylic acids is 1. The molecule has 1 fully saturated rings. The minimum Gasteiger partial charge on any atom is -0.480 e. The standard InChI is InChI=1S/C15H18N2O4/c1-10-4-5-17(12(7-10)15(18)19)9-11-8-14(21-16-11)13-3-2-6-20-13/h2-3,6,8,10,12H,4-5,7,9H2,1H3,(H,18,19). The van der Waals surface area contributed by atoms with Crippen LogP contribution in [0.15, 0.2) is 33.4 Å². The zero-order valence-electron chi connectivity index (χ0n) is 11.9. The van der Waals surface area contributed by atoms with Crippen molar-refractivity contribution >= 4 is 5.97 Å². The molecule has 0 bridgehead atoms. The van der Waals surface area contributed by atoms with Gasteiger partial charge in [0.1, 0.15) is 6.04 Å². The second kappa shape index (κ2) is 5.73. The van der Waals surface area contributed by atoms with E-state index in [9.17, 15) is 9.90 Å². The number of likely N-dealkylation sites (tertiary alicyclic amines) is 1. The fourth-order valence-corrected chi connectivity index (χ4v) is 2.77. The number of hydrogen-bond acceptors (Lipinski definition) is 5. The first-order chi connectivity index (χ1) is 10.1. The number of carbonyl (C=O) groups is 1. The predicted octanol–water partition coefficient (Wildman–Crippen LogP) is 2.62. The molecule has 1 aliphatic rings. The van der Waals surface area contributed by atoms with Crippen molar-refractivity contribution in [1.29, 1.82) is 0 Å². The Morgan fingerprint density at radius 2 is 2.38 bits per heavy atom. The Balaban J connectivity index is 1.72. The first kappa shape index (κ1) is 13.9. The fraction of sp³-hybridized carbons (Fsp3) is 0.467. The SMILES string of the molecule is CC1CCN(Cc2cc(-c3ccco3)on2)C(C(=O)O)C1. The lowest BCUT2D eigenvalue weighted by Gasteiger charge is -2.35. The minimum absolute atomic E-state index is 0.443. The monoisotopic (exact) mass is 290 g/mol. The highest BCUT2D eigenvalue weighted by atomic mass is 16.5. The van der Waals surface area contributed by atoms with Gasteiger partial charge in [-0.15, -0.1) is 0 Å². The highest BCUT2D eigenvalue weighted by molar-refractivity contribution is 5.73. The van der Waals surface area contributed by atoms with Gasteiger partial charge < -0.3 is 14.0 Å². The molecule has 3 rings (SSSR count). The van der Waals surface area contributed by atoms with E-state index >= 15 is 0 Å². The van der Waals surface area contributed by atoms with Gasteiger partial charge in [-0.05, 0) is 37.4 Å². The van der Waals surface area contributed by atoms with Gasteiger partial charge in [-0.2, -0.15) is 0 Å². The summed E-state index contributed by atoms with van der Waals surface area (Å²) in [7, 11) is 0. The van der Waals surface area contributed by atoms with Gasteiger partial charge in [-0.3, -0.25) is 9.69 Å². The Labute approximate surface area is 122 Å². The molecule has 2 atom stereocenters. The molecule has 112 valence electrons. The third kappa shape index (κ3) is 3.00. The fourth-order valence-electron chi connectivity index (χ4n) is 2.77. The van der Waals surface area contributed by atoms with Gasteiger partial charge in [0, 0.05) is 12.6 Å². The summed E-state index contributed by atoms with van der Waals surface area (Å²) < 4.78 is 10.5. The van der Waals surface area contributed by atoms with E-state index in [1.54, 1.807) is 24.5 Å². The smallest absolute Gasteiger partial charge is 0.320 e. The number of carboxylic acid groups (broad SMARTS) is 1. The molecule has 2 unspecified atom stereocenters. The van der Waals surface area contributed by atoms with E-state index in [4.69, 9.17) is 8.94 Å². The molecule has 0 aromatic carbocycles. The molecule has 2 aromatic rings. The van der Waals surface area contributed by atoms with Crippen LogP contribution in [-0.2, 0) is 11.3 Å². The highest BCUT2D eigenvalue weighted by Crippen LogP contribution is 2.26. The molecule has 21 heavy (non-hydrogen) atoms. The lowest BCUT2D eigenvalue weighted by molar-refractivity contribution is -0.145. The van der Waals surface area contributed by atoms with Crippen LogP contribution in [0.5, 0.6) is 0 Å². The molecule has 0 spiro atoms. The van der Waals surface area contributed by atoms with Gasteiger partial charge in [0.15, 0.2) is 5.76 Å². The average Bonchev–Trinajstić information content (AvgIpc) is 3.11. The summed E-state index contributed by atoms with van der Waals surface area (Å²) in [6.45, 7) is 3.34. The number of nitrogens with zero attached hydrogens (tertiary/aromatic N) is 2. The largest absolute Gasteiger partial charge is 0.480 e. The van der Waals surface area contributed by atoms with Crippen molar-refractivity contribution in [1.82, 2.24) is 10.1 Å². The van der Waals surface area contributed by atoms with Crippen LogP contribution in [0, 0.1) is 5.92 Å². The second-order valence-electron chi connectivity index (χ2n) is 5.61. The zero-order valence-corrected chi connectivity index (χ0v) is 11.9. The highest BCUT2D eigenvalue weighted by Gasteiger charge is 2.32. The van der Waals surface area contributed by atoms with Gasteiger partial charge in [0.25, 0.3) is 0 Å². The Kier molecular flexibility index (Phi) is 3.79. The molecule has 6 heteroatoms. The molecule has 3 heterocycles. The summed E-state index contributed by atoms with van der Waals surface area (Å²) in [5, 5.41) is 13.4. The van der Waals surface area contributed by atoms with E-state index in [2.05, 4.69) is 12.1 Å². The van der Waals surface area contributed by atoms with Crippen molar-refractivity contribution < 1.29 is 18.8 Å². The predicted molar refractivity (Wildman–Crippen MR) is 74.4 cm³/mol. The lowest BCUT2D eigenvalue weighted by atomic mass is 9.92. The third-order valence-corrected chi connectivity index (χ3v) is 3.95. The summed E-state index contributed by atoms with van der Waals surface area (Å²) in [6.07, 6.45) is 3.26. The quantitative estimate of drug-likeness (QED) is 0.932. The summed E-state index contributed by atoms with van der Waals surface area (Å²) in [5.41, 5.74) is 0.724. The molecule has 2 aromatic heterocycles. The normalized spacial score (nSPS) is 23.3. The number of piperidine rings is 1. The molecular formula is C15H18N2O4. The molecule has 0 saturated carbocycles. The van der Waals surface area contributed by atoms with Crippen LogP contribution >= 0.6 is 0 Å². The van der Waals surface area contributed by atoms with Crippen LogP contribution in [0.2, 0.25) is 0 Å². The summed E-state index contributed by atoms with van der Waals surface area (Å²) >= 11 is 0. The topological polar surface area (TPSA) is 79.7 Å². The van der Waals surface area contributed by atoms with E-state index in [0.717, 1.165) is 18.7 Å². The van der Waals surface area contributed by atoms with E-state index in [0.29, 0.717) is 30.4 Å². The number of aliphatic carboxylic acids is 1. The number of hydrogen-bond donors (Lipinski definition) is 1. The number of rotatable bonds is 4. The average molecular weight is 290 g/mol. The van der Waals surface area contributed by atoms with Crippen molar-refractivity contribution in [3.63, 3.8) is 0 Å². The van der Waals surface area contributed by atoms with Crippen molar-refractivity contribution in [2.45, 2.75) is 32.4 Å². The summed E-state index contributed by atoms with van der Waals surface area (Å²) in [6, 6.07) is 4.93. The maximum atomic E-state index is 11.4. The van der Waals surface area contributed by atoms with Crippen molar-refractivity contribution in [3.05, 3.63) is 30.2 Å². The molecule has 1 saturated heterocycles. The maximum absolute atomic E-state index is 11.4. The van der Waals surface area contributed by atoms with Crippen LogP contribution in [-0.4, -0.2) is 33.7 Å². The molecule has 0 aliphatic carbocycles. The van der Waals surface area contributed by atoms with E-state index in [1.807, 2.05) is 4.90 Å². The molecule has 0 amide bonds. The Bertz CT molecular complexity index is 605. The van der Waals surface area contributed by atoms with Gasteiger partial charge in [-0.25, -0.2) is 0 Å². The summed E-state index contributed by atoms with van der Waals surface area (Å²) in [4.78, 5) is 13.3. The van der Waals surface area contributed by atoms with Gasteiger partial charge >= 0.3 is 5.97 Å². The van der Waals surface area contributed by atoms with Crippen molar-refractivity contribution in [2.75, 3.05) is 6.54 Å². The van der Waals surface area contributed by atoms with Gasteiger partial charge in [-0.1, -0.05) is 12.1 Å². The van der Waals surface area contributed by atoms with E-state index in [1.165, 1.54) is 0 Å². The first-order valence-electron chi connectivity index (χ1n) is 7.10.